The first kappa shape index (κ1) is 16.9. The summed E-state index contributed by atoms with van der Waals surface area (Å²) in [5.74, 6) is 0.324. The molecule has 0 saturated carbocycles. The van der Waals surface area contributed by atoms with Gasteiger partial charge in [0, 0.05) is 37.7 Å². The second kappa shape index (κ2) is 7.40. The normalized spacial score (nSPS) is 29.8. The summed E-state index contributed by atoms with van der Waals surface area (Å²) < 4.78 is 19.9. The maximum absolute atomic E-state index is 13.8. The number of hydroxylamine groups is 2. The molecule has 4 rings (SSSR count). The Morgan fingerprint density at radius 2 is 2.12 bits per heavy atom. The molecule has 0 unspecified atom stereocenters. The van der Waals surface area contributed by atoms with E-state index in [4.69, 9.17) is 9.57 Å². The average Bonchev–Trinajstić information content (AvgIpc) is 3.15. The number of benzene rings is 1. The Balaban J connectivity index is 1.26. The number of amides is 1. The van der Waals surface area contributed by atoms with Crippen LogP contribution < -0.4 is 0 Å². The largest absolute Gasteiger partial charge is 0.373 e. The first-order chi connectivity index (χ1) is 12.2. The molecule has 3 atom stereocenters. The Morgan fingerprint density at radius 3 is 2.88 bits per heavy atom. The first-order valence-corrected chi connectivity index (χ1v) is 9.23. The third kappa shape index (κ3) is 3.86. The lowest BCUT2D eigenvalue weighted by molar-refractivity contribution is -0.199. The van der Waals surface area contributed by atoms with Crippen molar-refractivity contribution in [1.29, 1.82) is 0 Å². The zero-order chi connectivity index (χ0) is 17.2. The Labute approximate surface area is 147 Å². The number of likely N-dealkylation sites (tertiary alicyclic amines) is 1. The Hall–Kier alpha value is -1.50. The fourth-order valence-corrected chi connectivity index (χ4v) is 4.17. The molecule has 6 heteroatoms. The molecule has 3 aliphatic rings. The van der Waals surface area contributed by atoms with E-state index < -0.39 is 0 Å². The van der Waals surface area contributed by atoms with Crippen molar-refractivity contribution in [2.24, 2.45) is 5.92 Å². The maximum atomic E-state index is 13.8. The van der Waals surface area contributed by atoms with Crippen LogP contribution in [0.3, 0.4) is 0 Å². The van der Waals surface area contributed by atoms with Crippen molar-refractivity contribution in [3.05, 3.63) is 35.6 Å². The van der Waals surface area contributed by atoms with E-state index in [9.17, 15) is 9.18 Å². The van der Waals surface area contributed by atoms with Crippen molar-refractivity contribution in [2.45, 2.75) is 44.4 Å². The molecule has 3 fully saturated rings. The Kier molecular flexibility index (Phi) is 5.01. The van der Waals surface area contributed by atoms with Crippen molar-refractivity contribution in [3.63, 3.8) is 0 Å². The summed E-state index contributed by atoms with van der Waals surface area (Å²) in [5.41, 5.74) is 0.733. The van der Waals surface area contributed by atoms with Crippen LogP contribution in [0.2, 0.25) is 0 Å². The molecule has 0 N–H and O–H groups in total. The number of fused-ring (bicyclic) bond motifs is 1. The van der Waals surface area contributed by atoms with Crippen LogP contribution in [0, 0.1) is 11.7 Å². The van der Waals surface area contributed by atoms with E-state index in [0.29, 0.717) is 32.0 Å². The lowest BCUT2D eigenvalue weighted by Crippen LogP contribution is -2.37. The second-order valence-electron chi connectivity index (χ2n) is 7.32. The van der Waals surface area contributed by atoms with Crippen LogP contribution in [0.5, 0.6) is 0 Å². The van der Waals surface area contributed by atoms with E-state index in [1.54, 1.807) is 6.07 Å². The maximum Gasteiger partial charge on any atom is 0.248 e. The summed E-state index contributed by atoms with van der Waals surface area (Å²) in [6.07, 6.45) is 3.48. The number of rotatable bonds is 4. The molecule has 0 aliphatic carbocycles. The predicted octanol–water partition coefficient (Wildman–Crippen LogP) is 2.36. The number of hydrogen-bond donors (Lipinski definition) is 0. The van der Waals surface area contributed by atoms with Crippen LogP contribution in [-0.2, 0) is 20.9 Å². The molecular formula is C19H25FN2O3. The number of carbonyl (C=O) groups is 1. The highest BCUT2D eigenvalue weighted by atomic mass is 19.1. The fourth-order valence-electron chi connectivity index (χ4n) is 4.17. The Morgan fingerprint density at radius 1 is 1.24 bits per heavy atom. The number of halogens is 1. The van der Waals surface area contributed by atoms with E-state index in [2.05, 4.69) is 4.90 Å². The summed E-state index contributed by atoms with van der Waals surface area (Å²) in [7, 11) is 0. The number of ether oxygens (including phenoxy) is 1. The molecule has 25 heavy (non-hydrogen) atoms. The molecule has 0 radical (unpaired) electrons. The third-order valence-corrected chi connectivity index (χ3v) is 5.42. The molecule has 1 aromatic rings. The van der Waals surface area contributed by atoms with E-state index in [0.717, 1.165) is 37.9 Å². The highest BCUT2D eigenvalue weighted by Gasteiger charge is 2.42. The van der Waals surface area contributed by atoms with Gasteiger partial charge in [0.25, 0.3) is 0 Å². The third-order valence-electron chi connectivity index (χ3n) is 5.42. The molecule has 0 aromatic heterocycles. The van der Waals surface area contributed by atoms with Crippen molar-refractivity contribution in [2.75, 3.05) is 26.2 Å². The minimum absolute atomic E-state index is 0.0105. The predicted molar refractivity (Wildman–Crippen MR) is 90.0 cm³/mol. The van der Waals surface area contributed by atoms with E-state index in [-0.39, 0.29) is 23.9 Å². The quantitative estimate of drug-likeness (QED) is 0.838. The number of nitrogens with zero attached hydrogens (tertiary/aromatic N) is 2. The van der Waals surface area contributed by atoms with Crippen molar-refractivity contribution in [3.8, 4) is 0 Å². The first-order valence-electron chi connectivity index (χ1n) is 9.23. The molecule has 3 heterocycles. The summed E-state index contributed by atoms with van der Waals surface area (Å²) in [5, 5.41) is 1.51. The van der Waals surface area contributed by atoms with Crippen molar-refractivity contribution < 1.29 is 18.8 Å². The van der Waals surface area contributed by atoms with Gasteiger partial charge in [0.1, 0.15) is 5.82 Å². The van der Waals surface area contributed by atoms with Gasteiger partial charge in [0.2, 0.25) is 5.91 Å². The van der Waals surface area contributed by atoms with Gasteiger partial charge in [-0.25, -0.2) is 9.45 Å². The molecule has 0 spiro atoms. The second-order valence-corrected chi connectivity index (χ2v) is 7.32. The SMILES string of the molecule is O=C(C[C@H]1C[C@@H]2CN(Cc3ccccc3F)C[C@H]2O1)N1CCCCO1. The standard InChI is InChI=1S/C19H25FN2O3/c20-17-6-2-1-5-14(17)11-21-12-15-9-16(25-18(15)13-21)10-19(23)22-7-3-4-8-24-22/h1-2,5-6,15-16,18H,3-4,7-13H2/t15-,16-,18-/m1/s1. The van der Waals surface area contributed by atoms with Gasteiger partial charge in [0.05, 0.1) is 25.2 Å². The van der Waals surface area contributed by atoms with Crippen LogP contribution in [0.4, 0.5) is 4.39 Å². The number of carbonyl (C=O) groups excluding carboxylic acids is 1. The van der Waals surface area contributed by atoms with E-state index >= 15 is 0 Å². The summed E-state index contributed by atoms with van der Waals surface area (Å²) >= 11 is 0. The molecular weight excluding hydrogens is 323 g/mol. The van der Waals surface area contributed by atoms with E-state index in [1.807, 2.05) is 12.1 Å². The molecule has 3 aliphatic heterocycles. The van der Waals surface area contributed by atoms with Crippen LogP contribution in [0.25, 0.3) is 0 Å². The van der Waals surface area contributed by atoms with Gasteiger partial charge in [-0.05, 0) is 25.3 Å². The van der Waals surface area contributed by atoms with Gasteiger partial charge in [0.15, 0.2) is 0 Å². The van der Waals surface area contributed by atoms with Crippen LogP contribution in [-0.4, -0.2) is 54.3 Å². The topological polar surface area (TPSA) is 42.0 Å². The van der Waals surface area contributed by atoms with Crippen molar-refractivity contribution >= 4 is 5.91 Å². The zero-order valence-corrected chi connectivity index (χ0v) is 14.4. The van der Waals surface area contributed by atoms with Gasteiger partial charge >= 0.3 is 0 Å². The smallest absolute Gasteiger partial charge is 0.248 e. The highest BCUT2D eigenvalue weighted by molar-refractivity contribution is 5.75. The molecule has 3 saturated heterocycles. The number of hydrogen-bond acceptors (Lipinski definition) is 4. The van der Waals surface area contributed by atoms with Crippen molar-refractivity contribution in [1.82, 2.24) is 9.96 Å². The molecule has 1 amide bonds. The minimum atomic E-state index is -0.148. The lowest BCUT2D eigenvalue weighted by Gasteiger charge is -2.27. The van der Waals surface area contributed by atoms with E-state index in [1.165, 1.54) is 11.1 Å². The lowest BCUT2D eigenvalue weighted by atomic mass is 10.0. The van der Waals surface area contributed by atoms with Crippen LogP contribution in [0.15, 0.2) is 24.3 Å². The molecule has 5 nitrogen and oxygen atoms in total. The van der Waals surface area contributed by atoms with Gasteiger partial charge in [-0.15, -0.1) is 0 Å². The molecule has 1 aromatic carbocycles. The highest BCUT2D eigenvalue weighted by Crippen LogP contribution is 2.35. The monoisotopic (exact) mass is 348 g/mol. The Bertz CT molecular complexity index is 606. The molecule has 0 bridgehead atoms. The van der Waals surface area contributed by atoms with Gasteiger partial charge in [-0.2, -0.15) is 0 Å². The van der Waals surface area contributed by atoms with Gasteiger partial charge < -0.3 is 4.74 Å². The summed E-state index contributed by atoms with van der Waals surface area (Å²) in [4.78, 5) is 20.0. The van der Waals surface area contributed by atoms with Gasteiger partial charge in [-0.1, -0.05) is 18.2 Å². The summed E-state index contributed by atoms with van der Waals surface area (Å²) in [6.45, 7) is 3.66. The molecule has 136 valence electrons. The average molecular weight is 348 g/mol. The van der Waals surface area contributed by atoms with Crippen LogP contribution in [0.1, 0.15) is 31.2 Å². The zero-order valence-electron chi connectivity index (χ0n) is 14.4. The van der Waals surface area contributed by atoms with Crippen LogP contribution >= 0.6 is 0 Å². The fraction of sp³-hybridized carbons (Fsp3) is 0.632. The summed E-state index contributed by atoms with van der Waals surface area (Å²) in [6, 6.07) is 6.93. The van der Waals surface area contributed by atoms with Gasteiger partial charge in [-0.3, -0.25) is 14.5 Å². The minimum Gasteiger partial charge on any atom is -0.373 e.